The molecular weight excluding hydrogens is 336 g/mol. The Bertz CT molecular complexity index is 307. The molecule has 0 saturated heterocycles. The number of carbonyl (C=O) groups excluding carboxylic acids is 1. The number of hydrogen-bond acceptors (Lipinski definition) is 4. The molecule has 2 amide bonds. The molecule has 1 N–H and O–H groups in total. The Morgan fingerprint density at radius 2 is 1.32 bits per heavy atom. The van der Waals surface area contributed by atoms with Crippen LogP contribution in [0.4, 0.5) is 4.79 Å². The zero-order chi connectivity index (χ0) is 19.0. The molecule has 0 rings (SSSR count). The van der Waals surface area contributed by atoms with Crippen molar-refractivity contribution in [3.8, 4) is 0 Å². The first-order chi connectivity index (χ1) is 12.1. The Hall–Kier alpha value is -0.633. The largest absolute Gasteiger partial charge is 0.500 e. The topological polar surface area (TPSA) is 60.0 Å². The highest BCUT2D eigenvalue weighted by molar-refractivity contribution is 6.60. The smallest absolute Gasteiger partial charge is 0.374 e. The van der Waals surface area contributed by atoms with Gasteiger partial charge in [-0.2, -0.15) is 0 Å². The minimum absolute atomic E-state index is 0.0402. The van der Waals surface area contributed by atoms with Crippen molar-refractivity contribution in [1.29, 1.82) is 0 Å². The maximum Gasteiger partial charge on any atom is 0.500 e. The van der Waals surface area contributed by atoms with Gasteiger partial charge in [0, 0.05) is 45.5 Å². The summed E-state index contributed by atoms with van der Waals surface area (Å²) in [7, 11) is -2.60. The van der Waals surface area contributed by atoms with E-state index in [4.69, 9.17) is 13.3 Å². The normalized spacial score (nSPS) is 11.6. The van der Waals surface area contributed by atoms with Crippen LogP contribution in [0.1, 0.15) is 66.7 Å². The second-order valence-electron chi connectivity index (χ2n) is 6.01. The van der Waals surface area contributed by atoms with Gasteiger partial charge in [-0.3, -0.25) is 0 Å². The van der Waals surface area contributed by atoms with E-state index in [1.165, 1.54) is 0 Å². The molecule has 0 bridgehead atoms. The zero-order valence-corrected chi connectivity index (χ0v) is 18.1. The van der Waals surface area contributed by atoms with Crippen molar-refractivity contribution in [1.82, 2.24) is 10.2 Å². The van der Waals surface area contributed by atoms with Crippen molar-refractivity contribution in [3.05, 3.63) is 0 Å². The molecule has 0 aliphatic heterocycles. The van der Waals surface area contributed by atoms with E-state index in [1.54, 1.807) is 0 Å². The summed E-state index contributed by atoms with van der Waals surface area (Å²) >= 11 is 0. The third kappa shape index (κ3) is 10.8. The number of hydrogen-bond donors (Lipinski definition) is 1. The number of amides is 2. The second kappa shape index (κ2) is 15.6. The summed E-state index contributed by atoms with van der Waals surface area (Å²) in [6.45, 7) is 14.2. The summed E-state index contributed by atoms with van der Waals surface area (Å²) in [5.74, 6) is 0. The first-order valence-corrected chi connectivity index (χ1v) is 12.0. The van der Waals surface area contributed by atoms with Crippen LogP contribution in [0, 0.1) is 0 Å². The van der Waals surface area contributed by atoms with Gasteiger partial charge in [0.25, 0.3) is 0 Å². The summed E-state index contributed by atoms with van der Waals surface area (Å²) in [4.78, 5) is 14.3. The quantitative estimate of drug-likeness (QED) is 0.326. The SMILES string of the molecule is CCCCN(CCCC)C(=O)NCCC[Si](OCC)(OCC)OCC. The third-order valence-electron chi connectivity index (χ3n) is 3.88. The van der Waals surface area contributed by atoms with Crippen LogP contribution in [0.25, 0.3) is 0 Å². The molecule has 0 saturated carbocycles. The lowest BCUT2D eigenvalue weighted by molar-refractivity contribution is 0.0708. The number of rotatable bonds is 16. The van der Waals surface area contributed by atoms with Crippen LogP contribution in [0.5, 0.6) is 0 Å². The molecule has 150 valence electrons. The number of carbonyl (C=O) groups is 1. The van der Waals surface area contributed by atoms with E-state index in [1.807, 2.05) is 25.7 Å². The molecule has 0 spiro atoms. The molecular formula is C18H40N2O4Si. The molecule has 0 atom stereocenters. The van der Waals surface area contributed by atoms with Gasteiger partial charge in [0.2, 0.25) is 0 Å². The van der Waals surface area contributed by atoms with E-state index in [0.29, 0.717) is 26.4 Å². The average Bonchev–Trinajstić information content (AvgIpc) is 2.59. The molecule has 0 aliphatic rings. The standard InChI is InChI=1S/C18H40N2O4Si/c1-6-11-15-20(16-12-7-2)18(21)19-14-13-17-25(22-8-3,23-9-4)24-10-5/h6-17H2,1-5H3,(H,19,21). The maximum absolute atomic E-state index is 12.4. The summed E-state index contributed by atoms with van der Waals surface area (Å²) in [5.41, 5.74) is 0. The molecule has 0 heterocycles. The molecule has 0 aromatic rings. The molecule has 6 nitrogen and oxygen atoms in total. The van der Waals surface area contributed by atoms with Crippen LogP contribution in [0.2, 0.25) is 6.04 Å². The highest BCUT2D eigenvalue weighted by Crippen LogP contribution is 2.17. The monoisotopic (exact) mass is 376 g/mol. The molecule has 0 unspecified atom stereocenters. The minimum atomic E-state index is -2.60. The van der Waals surface area contributed by atoms with Crippen molar-refractivity contribution < 1.29 is 18.1 Å². The number of nitrogens with zero attached hydrogens (tertiary/aromatic N) is 1. The average molecular weight is 377 g/mol. The highest BCUT2D eigenvalue weighted by Gasteiger charge is 2.39. The first-order valence-electron chi connectivity index (χ1n) is 10.0. The van der Waals surface area contributed by atoms with Crippen molar-refractivity contribution in [2.24, 2.45) is 0 Å². The van der Waals surface area contributed by atoms with E-state index in [-0.39, 0.29) is 6.03 Å². The van der Waals surface area contributed by atoms with Crippen LogP contribution >= 0.6 is 0 Å². The van der Waals surface area contributed by atoms with Crippen molar-refractivity contribution in [3.63, 3.8) is 0 Å². The highest BCUT2D eigenvalue weighted by atomic mass is 28.4. The van der Waals surface area contributed by atoms with Gasteiger partial charge in [0.15, 0.2) is 0 Å². The van der Waals surface area contributed by atoms with Gasteiger partial charge in [-0.05, 0) is 40.0 Å². The maximum atomic E-state index is 12.4. The predicted octanol–water partition coefficient (Wildman–Crippen LogP) is 4.04. The van der Waals surface area contributed by atoms with Gasteiger partial charge in [0.1, 0.15) is 0 Å². The summed E-state index contributed by atoms with van der Waals surface area (Å²) < 4.78 is 17.5. The van der Waals surface area contributed by atoms with E-state index < -0.39 is 8.80 Å². The lowest BCUT2D eigenvalue weighted by atomic mass is 10.3. The Kier molecular flexibility index (Phi) is 15.2. The lowest BCUT2D eigenvalue weighted by Gasteiger charge is -2.28. The number of urea groups is 1. The fourth-order valence-electron chi connectivity index (χ4n) is 2.63. The third-order valence-corrected chi connectivity index (χ3v) is 7.03. The fraction of sp³-hybridized carbons (Fsp3) is 0.944. The Balaban J connectivity index is 4.40. The molecule has 0 aliphatic carbocycles. The van der Waals surface area contributed by atoms with E-state index in [2.05, 4.69) is 19.2 Å². The van der Waals surface area contributed by atoms with Crippen LogP contribution in [-0.2, 0) is 13.3 Å². The summed E-state index contributed by atoms with van der Waals surface area (Å²) in [6.07, 6.45) is 5.09. The summed E-state index contributed by atoms with van der Waals surface area (Å²) in [6, 6.07) is 0.769. The van der Waals surface area contributed by atoms with Crippen LogP contribution in [0.3, 0.4) is 0 Å². The van der Waals surface area contributed by atoms with E-state index >= 15 is 0 Å². The number of unbranched alkanes of at least 4 members (excludes halogenated alkanes) is 2. The second-order valence-corrected chi connectivity index (χ2v) is 8.74. The van der Waals surface area contributed by atoms with Crippen molar-refractivity contribution in [2.75, 3.05) is 39.5 Å². The van der Waals surface area contributed by atoms with Gasteiger partial charge in [-0.25, -0.2) is 4.79 Å². The van der Waals surface area contributed by atoms with Crippen LogP contribution < -0.4 is 5.32 Å². The molecule has 25 heavy (non-hydrogen) atoms. The molecule has 0 aromatic carbocycles. The van der Waals surface area contributed by atoms with Crippen molar-refractivity contribution in [2.45, 2.75) is 72.8 Å². The van der Waals surface area contributed by atoms with Crippen LogP contribution in [-0.4, -0.2) is 59.2 Å². The predicted molar refractivity (Wildman–Crippen MR) is 105 cm³/mol. The Labute approximate surface area is 156 Å². The Morgan fingerprint density at radius 3 is 1.72 bits per heavy atom. The summed E-state index contributed by atoms with van der Waals surface area (Å²) in [5, 5.41) is 3.04. The lowest BCUT2D eigenvalue weighted by Crippen LogP contribution is -2.47. The molecule has 0 radical (unpaired) electrons. The number of nitrogens with one attached hydrogen (secondary N) is 1. The molecule has 7 heteroatoms. The van der Waals surface area contributed by atoms with Gasteiger partial charge >= 0.3 is 14.8 Å². The van der Waals surface area contributed by atoms with Gasteiger partial charge in [-0.15, -0.1) is 0 Å². The van der Waals surface area contributed by atoms with E-state index in [0.717, 1.165) is 51.2 Å². The van der Waals surface area contributed by atoms with Gasteiger partial charge in [-0.1, -0.05) is 26.7 Å². The van der Waals surface area contributed by atoms with Crippen molar-refractivity contribution >= 4 is 14.8 Å². The fourth-order valence-corrected chi connectivity index (χ4v) is 5.24. The minimum Gasteiger partial charge on any atom is -0.374 e. The molecule has 0 aromatic heterocycles. The van der Waals surface area contributed by atoms with Gasteiger partial charge in [0.05, 0.1) is 0 Å². The van der Waals surface area contributed by atoms with Gasteiger partial charge < -0.3 is 23.5 Å². The zero-order valence-electron chi connectivity index (χ0n) is 17.1. The molecule has 0 fully saturated rings. The Morgan fingerprint density at radius 1 is 0.840 bits per heavy atom. The van der Waals surface area contributed by atoms with E-state index in [9.17, 15) is 4.79 Å². The first kappa shape index (κ1) is 24.4. The van der Waals surface area contributed by atoms with Crippen LogP contribution in [0.15, 0.2) is 0 Å².